The fourth-order valence-corrected chi connectivity index (χ4v) is 7.36. The van der Waals surface area contributed by atoms with Crippen LogP contribution in [0.2, 0.25) is 0 Å². The number of nitrogens with one attached hydrogen (secondary N) is 2. The van der Waals surface area contributed by atoms with E-state index in [0.29, 0.717) is 11.4 Å². The summed E-state index contributed by atoms with van der Waals surface area (Å²) in [5.41, 5.74) is 26.5. The van der Waals surface area contributed by atoms with Crippen molar-refractivity contribution in [1.29, 1.82) is 0 Å². The van der Waals surface area contributed by atoms with E-state index in [1.807, 2.05) is 14.1 Å². The van der Waals surface area contributed by atoms with Gasteiger partial charge in [-0.2, -0.15) is 8.75 Å². The average molecular weight is 629 g/mol. The Balaban J connectivity index is 1.19. The van der Waals surface area contributed by atoms with E-state index in [9.17, 15) is 0 Å². The third-order valence-corrected chi connectivity index (χ3v) is 9.68. The first-order valence-corrected chi connectivity index (χ1v) is 16.2. The second kappa shape index (κ2) is 11.5. The number of anilines is 4. The predicted molar refractivity (Wildman–Crippen MR) is 202 cm³/mol. The lowest BCUT2D eigenvalue weighted by Crippen LogP contribution is -2.02. The smallest absolute Gasteiger partial charge is 0.115 e. The van der Waals surface area contributed by atoms with Crippen LogP contribution in [0.5, 0.6) is 0 Å². The summed E-state index contributed by atoms with van der Waals surface area (Å²) in [6.07, 6.45) is 0. The lowest BCUT2D eigenvalue weighted by Gasteiger charge is -2.16. The van der Waals surface area contributed by atoms with Gasteiger partial charge in [-0.1, -0.05) is 109 Å². The lowest BCUT2D eigenvalue weighted by atomic mass is 9.91. The van der Waals surface area contributed by atoms with E-state index < -0.39 is 0 Å². The molecule has 0 aliphatic carbocycles. The monoisotopic (exact) mass is 628 g/mol. The molecule has 0 aliphatic heterocycles. The number of hydrogen-bond donors (Lipinski definition) is 4. The number of aromatic nitrogens is 2. The maximum atomic E-state index is 6.84. The SMILES string of the molecule is CNc1ccc(-c2ccc(-c3c(N)c(N)c(-c4ccc(-c5ccc(NC)c6ccccc56)cc4)c4nsnc34)cc2)c2ccccc12. The zero-order chi connectivity index (χ0) is 32.1. The number of fused-ring (bicyclic) bond motifs is 3. The summed E-state index contributed by atoms with van der Waals surface area (Å²) < 4.78 is 9.44. The molecule has 6 nitrogen and oxygen atoms in total. The molecule has 0 amide bonds. The molecule has 1 aromatic heterocycles. The molecule has 0 fully saturated rings. The van der Waals surface area contributed by atoms with E-state index in [4.69, 9.17) is 20.2 Å². The number of benzene rings is 7. The summed E-state index contributed by atoms with van der Waals surface area (Å²) in [4.78, 5) is 0. The van der Waals surface area contributed by atoms with Gasteiger partial charge in [0.2, 0.25) is 0 Å². The molecule has 0 aliphatic rings. The number of nitrogens with zero attached hydrogens (tertiary/aromatic N) is 2. The van der Waals surface area contributed by atoms with Gasteiger partial charge in [-0.15, -0.1) is 0 Å². The highest BCUT2D eigenvalue weighted by Crippen LogP contribution is 2.45. The molecule has 0 saturated carbocycles. The predicted octanol–water partition coefficient (Wildman–Crippen LogP) is 9.91. The first-order chi connectivity index (χ1) is 23.1. The second-order valence-electron chi connectivity index (χ2n) is 11.6. The van der Waals surface area contributed by atoms with Crippen molar-refractivity contribution in [3.05, 3.63) is 121 Å². The molecule has 8 aromatic rings. The molecule has 8 rings (SSSR count). The minimum Gasteiger partial charge on any atom is -0.396 e. The molecule has 7 aromatic carbocycles. The Hall–Kier alpha value is -5.92. The van der Waals surface area contributed by atoms with E-state index >= 15 is 0 Å². The number of hydrogen-bond acceptors (Lipinski definition) is 7. The Morgan fingerprint density at radius 3 is 1.19 bits per heavy atom. The molecular weight excluding hydrogens is 597 g/mol. The summed E-state index contributed by atoms with van der Waals surface area (Å²) >= 11 is 1.17. The van der Waals surface area contributed by atoms with Crippen LogP contribution in [-0.2, 0) is 0 Å². The van der Waals surface area contributed by atoms with E-state index in [0.717, 1.165) is 55.8 Å². The minimum absolute atomic E-state index is 0.509. The lowest BCUT2D eigenvalue weighted by molar-refractivity contribution is 1.54. The van der Waals surface area contributed by atoms with Crippen LogP contribution in [0.1, 0.15) is 0 Å². The number of nitrogen functional groups attached to an aromatic ring is 2. The van der Waals surface area contributed by atoms with Gasteiger partial charge in [0, 0.05) is 47.4 Å². The van der Waals surface area contributed by atoms with Gasteiger partial charge in [0.15, 0.2) is 0 Å². The Morgan fingerprint density at radius 2 is 0.809 bits per heavy atom. The molecule has 7 heteroatoms. The summed E-state index contributed by atoms with van der Waals surface area (Å²) in [7, 11) is 3.90. The summed E-state index contributed by atoms with van der Waals surface area (Å²) in [5.74, 6) is 0. The largest absolute Gasteiger partial charge is 0.396 e. The Bertz CT molecular complexity index is 2280. The molecule has 0 radical (unpaired) electrons. The number of rotatable bonds is 6. The van der Waals surface area contributed by atoms with Crippen LogP contribution in [0.3, 0.4) is 0 Å². The van der Waals surface area contributed by atoms with Crippen molar-refractivity contribution in [2.75, 3.05) is 36.2 Å². The average Bonchev–Trinajstić information content (AvgIpc) is 3.60. The topological polar surface area (TPSA) is 102 Å². The van der Waals surface area contributed by atoms with E-state index in [1.54, 1.807) is 0 Å². The van der Waals surface area contributed by atoms with Crippen LogP contribution < -0.4 is 22.1 Å². The van der Waals surface area contributed by atoms with Crippen LogP contribution in [-0.4, -0.2) is 22.8 Å². The fourth-order valence-electron chi connectivity index (χ4n) is 6.80. The van der Waals surface area contributed by atoms with Crippen molar-refractivity contribution >= 4 is 67.1 Å². The van der Waals surface area contributed by atoms with Crippen molar-refractivity contribution in [2.24, 2.45) is 0 Å². The summed E-state index contributed by atoms with van der Waals surface area (Å²) in [6.45, 7) is 0. The Kier molecular flexibility index (Phi) is 6.96. The van der Waals surface area contributed by atoms with Gasteiger partial charge in [-0.05, 0) is 56.3 Å². The van der Waals surface area contributed by atoms with Crippen LogP contribution in [0.15, 0.2) is 121 Å². The highest BCUT2D eigenvalue weighted by Gasteiger charge is 2.22. The maximum absolute atomic E-state index is 6.84. The van der Waals surface area contributed by atoms with E-state index in [-0.39, 0.29) is 0 Å². The summed E-state index contributed by atoms with van der Waals surface area (Å²) in [5, 5.41) is 11.4. The molecule has 228 valence electrons. The zero-order valence-electron chi connectivity index (χ0n) is 26.0. The molecule has 0 bridgehead atoms. The maximum Gasteiger partial charge on any atom is 0.115 e. The third kappa shape index (κ3) is 4.63. The highest BCUT2D eigenvalue weighted by atomic mass is 32.1. The number of nitrogens with two attached hydrogens (primary N) is 2. The van der Waals surface area contributed by atoms with Gasteiger partial charge in [-0.3, -0.25) is 0 Å². The molecule has 0 spiro atoms. The Morgan fingerprint density at radius 1 is 0.447 bits per heavy atom. The second-order valence-corrected chi connectivity index (χ2v) is 12.1. The molecular formula is C40H32N6S. The molecule has 0 atom stereocenters. The van der Waals surface area contributed by atoms with Crippen molar-refractivity contribution in [1.82, 2.24) is 8.75 Å². The van der Waals surface area contributed by atoms with Gasteiger partial charge in [0.1, 0.15) is 11.0 Å². The normalized spacial score (nSPS) is 11.4. The molecule has 1 heterocycles. The molecule has 6 N–H and O–H groups in total. The van der Waals surface area contributed by atoms with Gasteiger partial charge in [0.05, 0.1) is 23.1 Å². The Labute approximate surface area is 277 Å². The first-order valence-electron chi connectivity index (χ1n) is 15.5. The quantitative estimate of drug-likeness (QED) is 0.137. The molecule has 0 unspecified atom stereocenters. The van der Waals surface area contributed by atoms with E-state index in [2.05, 4.69) is 132 Å². The zero-order valence-corrected chi connectivity index (χ0v) is 26.8. The standard InChI is InChI=1S/C40H32N6S/c1-43-33-21-19-27(29-7-3-5-9-31(29)33)23-11-15-25(16-12-23)35-37(41)38(42)36(40-39(35)45-47-46-40)26-17-13-24(14-18-26)28-20-22-34(44-2)32-10-6-4-8-30(28)32/h3-22,43-44H,41-42H2,1-2H3. The van der Waals surface area contributed by atoms with Crippen molar-refractivity contribution in [2.45, 2.75) is 0 Å². The van der Waals surface area contributed by atoms with Gasteiger partial charge in [-0.25, -0.2) is 0 Å². The van der Waals surface area contributed by atoms with Crippen LogP contribution in [0, 0.1) is 0 Å². The molecule has 47 heavy (non-hydrogen) atoms. The van der Waals surface area contributed by atoms with Crippen LogP contribution in [0.25, 0.3) is 77.1 Å². The first kappa shape index (κ1) is 28.5. The fraction of sp³-hybridized carbons (Fsp3) is 0.0500. The van der Waals surface area contributed by atoms with Crippen LogP contribution >= 0.6 is 11.7 Å². The third-order valence-electron chi connectivity index (χ3n) is 9.15. The van der Waals surface area contributed by atoms with Gasteiger partial charge >= 0.3 is 0 Å². The highest BCUT2D eigenvalue weighted by molar-refractivity contribution is 7.00. The minimum atomic E-state index is 0.509. The van der Waals surface area contributed by atoms with Crippen molar-refractivity contribution < 1.29 is 0 Å². The van der Waals surface area contributed by atoms with Crippen LogP contribution in [0.4, 0.5) is 22.7 Å². The van der Waals surface area contributed by atoms with E-state index in [1.165, 1.54) is 44.4 Å². The van der Waals surface area contributed by atoms with Gasteiger partial charge < -0.3 is 22.1 Å². The summed E-state index contributed by atoms with van der Waals surface area (Å²) in [6, 6.07) is 42.4. The van der Waals surface area contributed by atoms with Crippen molar-refractivity contribution in [3.8, 4) is 44.5 Å². The molecule has 0 saturated heterocycles. The van der Waals surface area contributed by atoms with Crippen molar-refractivity contribution in [3.63, 3.8) is 0 Å². The van der Waals surface area contributed by atoms with Gasteiger partial charge in [0.25, 0.3) is 0 Å².